The normalized spacial score (nSPS) is 9.88. The minimum Gasteiger partial charge on any atom is -0.447 e. The van der Waals surface area contributed by atoms with Crippen LogP contribution >= 0.6 is 35.3 Å². The van der Waals surface area contributed by atoms with Gasteiger partial charge in [-0.2, -0.15) is 10.1 Å². The fourth-order valence-electron chi connectivity index (χ4n) is 0.751. The lowest BCUT2D eigenvalue weighted by molar-refractivity contribution is 0.164. The molecule has 1 heterocycles. The van der Waals surface area contributed by atoms with Crippen molar-refractivity contribution >= 4 is 47.1 Å². The third-order valence-corrected chi connectivity index (χ3v) is 3.46. The van der Waals surface area contributed by atoms with Gasteiger partial charge in [0.15, 0.2) is 8.29 Å². The fourth-order valence-corrected chi connectivity index (χ4v) is 2.72. The van der Waals surface area contributed by atoms with Crippen LogP contribution in [0.25, 0.3) is 0 Å². The molecule has 0 aliphatic heterocycles. The van der Waals surface area contributed by atoms with E-state index in [4.69, 9.17) is 17.0 Å². The van der Waals surface area contributed by atoms with Crippen LogP contribution in [-0.2, 0) is 4.74 Å². The predicted octanol–water partition coefficient (Wildman–Crippen LogP) is 2.91. The Morgan fingerprint density at radius 1 is 1.69 bits per heavy atom. The van der Waals surface area contributed by atoms with E-state index in [1.54, 1.807) is 13.8 Å². The van der Waals surface area contributed by atoms with Crippen molar-refractivity contribution < 1.29 is 9.53 Å². The third-order valence-electron chi connectivity index (χ3n) is 1.27. The molecule has 0 radical (unpaired) electrons. The van der Waals surface area contributed by atoms with Crippen molar-refractivity contribution in [1.29, 1.82) is 0 Å². The number of ether oxygens (including phenoxy) is 1. The molecule has 0 aromatic carbocycles. The van der Waals surface area contributed by atoms with E-state index in [1.165, 1.54) is 23.1 Å². The number of nitrogens with zero attached hydrogens (tertiary/aromatic N) is 2. The molecule has 1 amide bonds. The molecule has 0 fully saturated rings. The molecule has 1 N–H and O–H groups in total. The summed E-state index contributed by atoms with van der Waals surface area (Å²) < 4.78 is 6.36. The molecule has 1 aromatic rings. The number of hydrogen-bond donors (Lipinski definition) is 1. The largest absolute Gasteiger partial charge is 0.447 e. The Labute approximate surface area is 106 Å². The molecule has 1 rings (SSSR count). The van der Waals surface area contributed by atoms with Crippen LogP contribution in [-0.4, -0.2) is 34.4 Å². The van der Waals surface area contributed by atoms with Crippen molar-refractivity contribution in [2.45, 2.75) is 18.2 Å². The number of aliphatic imine (C=N–C) groups is 1. The molecule has 0 aliphatic carbocycles. The fraction of sp³-hybridized carbons (Fsp3) is 0.500. The summed E-state index contributed by atoms with van der Waals surface area (Å²) >= 11 is 7.77. The van der Waals surface area contributed by atoms with Gasteiger partial charge in [-0.05, 0) is 26.1 Å². The first-order valence-corrected chi connectivity index (χ1v) is 6.66. The topological polar surface area (TPSA) is 67.3 Å². The summed E-state index contributed by atoms with van der Waals surface area (Å²) in [5.41, 5.74) is 0.683. The minimum absolute atomic E-state index is 0.312. The predicted molar refractivity (Wildman–Crippen MR) is 68.2 cm³/mol. The molecule has 0 unspecified atom stereocenters. The van der Waals surface area contributed by atoms with Gasteiger partial charge in [0.05, 0.1) is 0 Å². The molecule has 0 atom stereocenters. The van der Waals surface area contributed by atoms with E-state index in [0.717, 1.165) is 4.34 Å². The summed E-state index contributed by atoms with van der Waals surface area (Å²) in [6, 6.07) is 0. The highest BCUT2D eigenvalue weighted by molar-refractivity contribution is 8.01. The first-order valence-electron chi connectivity index (χ1n) is 4.45. The van der Waals surface area contributed by atoms with Gasteiger partial charge in [0, 0.05) is 11.5 Å². The molecule has 16 heavy (non-hydrogen) atoms. The zero-order chi connectivity index (χ0) is 12.0. The molecule has 0 saturated carbocycles. The Bertz CT molecular complexity index is 434. The summed E-state index contributed by atoms with van der Waals surface area (Å²) in [4.78, 5) is 14.7. The lowest BCUT2D eigenvalue weighted by Crippen LogP contribution is -2.04. The van der Waals surface area contributed by atoms with Crippen LogP contribution in [0.15, 0.2) is 9.33 Å². The summed E-state index contributed by atoms with van der Waals surface area (Å²) in [6.07, 6.45) is -0.546. The number of hydrogen-bond acceptors (Lipinski definition) is 6. The van der Waals surface area contributed by atoms with Gasteiger partial charge in [0.1, 0.15) is 6.61 Å². The van der Waals surface area contributed by atoms with Crippen molar-refractivity contribution in [3.05, 3.63) is 3.95 Å². The van der Waals surface area contributed by atoms with Crippen LogP contribution in [0, 0.1) is 3.95 Å². The number of carbonyl (C=O) groups excluding carboxylic acids is 1. The quantitative estimate of drug-likeness (QED) is 0.397. The Morgan fingerprint density at radius 3 is 3.00 bits per heavy atom. The van der Waals surface area contributed by atoms with E-state index in [9.17, 15) is 4.79 Å². The van der Waals surface area contributed by atoms with E-state index in [2.05, 4.69) is 15.2 Å². The first kappa shape index (κ1) is 13.3. The number of H-pyrrole nitrogens is 1. The molecule has 0 bridgehead atoms. The monoisotopic (exact) mass is 277 g/mol. The van der Waals surface area contributed by atoms with Crippen molar-refractivity contribution in [3.8, 4) is 0 Å². The van der Waals surface area contributed by atoms with Gasteiger partial charge in [0.25, 0.3) is 0 Å². The number of nitrogens with one attached hydrogen (secondary N) is 1. The number of aromatic amines is 1. The molecular weight excluding hydrogens is 266 g/mol. The van der Waals surface area contributed by atoms with E-state index >= 15 is 0 Å². The van der Waals surface area contributed by atoms with Crippen LogP contribution in [0.2, 0.25) is 0 Å². The number of rotatable bonds is 4. The van der Waals surface area contributed by atoms with Gasteiger partial charge in [-0.25, -0.2) is 4.79 Å². The van der Waals surface area contributed by atoms with Crippen LogP contribution in [0.3, 0.4) is 0 Å². The standard InChI is InChI=1S/C8H11N3O2S3/c1-5(2)9-6(12)13-3-4-15-8-11-10-7(14)16-8/h3-4H2,1-2H3,(H,10,14). The summed E-state index contributed by atoms with van der Waals surface area (Å²) in [5, 5.41) is 6.64. The first-order chi connectivity index (χ1) is 7.58. The van der Waals surface area contributed by atoms with Crippen LogP contribution in [0.4, 0.5) is 4.79 Å². The lowest BCUT2D eigenvalue weighted by atomic mass is 10.5. The lowest BCUT2D eigenvalue weighted by Gasteiger charge is -1.99. The van der Waals surface area contributed by atoms with Crippen molar-refractivity contribution in [2.75, 3.05) is 12.4 Å². The molecule has 0 spiro atoms. The van der Waals surface area contributed by atoms with Crippen LogP contribution in [0.1, 0.15) is 13.8 Å². The highest BCUT2D eigenvalue weighted by atomic mass is 32.2. The van der Waals surface area contributed by atoms with Gasteiger partial charge in [0.2, 0.25) is 0 Å². The Morgan fingerprint density at radius 2 is 2.44 bits per heavy atom. The summed E-state index contributed by atoms with van der Waals surface area (Å²) in [6.45, 7) is 3.80. The third kappa shape index (κ3) is 5.38. The van der Waals surface area contributed by atoms with Gasteiger partial charge in [-0.1, -0.05) is 23.1 Å². The van der Waals surface area contributed by atoms with Gasteiger partial charge in [-0.3, -0.25) is 5.10 Å². The molecule has 1 aromatic heterocycles. The number of carbonyl (C=O) groups is 1. The second kappa shape index (κ2) is 6.77. The van der Waals surface area contributed by atoms with Crippen molar-refractivity contribution in [3.63, 3.8) is 0 Å². The van der Waals surface area contributed by atoms with Crippen molar-refractivity contribution in [2.24, 2.45) is 4.99 Å². The SMILES string of the molecule is CC(C)=NC(=O)OCCSc1n[nH]c(=S)s1. The Kier molecular flexibility index (Phi) is 5.64. The maximum Gasteiger partial charge on any atom is 0.433 e. The van der Waals surface area contributed by atoms with Crippen LogP contribution in [0.5, 0.6) is 0 Å². The van der Waals surface area contributed by atoms with Gasteiger partial charge >= 0.3 is 6.09 Å². The zero-order valence-electron chi connectivity index (χ0n) is 8.85. The van der Waals surface area contributed by atoms with E-state index in [1.807, 2.05) is 0 Å². The van der Waals surface area contributed by atoms with Crippen LogP contribution < -0.4 is 0 Å². The summed E-state index contributed by atoms with van der Waals surface area (Å²) in [7, 11) is 0. The number of thioether (sulfide) groups is 1. The number of aromatic nitrogens is 2. The smallest absolute Gasteiger partial charge is 0.433 e. The second-order valence-corrected chi connectivity index (χ2v) is 5.91. The zero-order valence-corrected chi connectivity index (χ0v) is 11.3. The molecule has 0 aliphatic rings. The average molecular weight is 277 g/mol. The average Bonchev–Trinajstić information content (AvgIpc) is 2.58. The van der Waals surface area contributed by atoms with Gasteiger partial charge in [-0.15, -0.1) is 0 Å². The van der Waals surface area contributed by atoms with Gasteiger partial charge < -0.3 is 4.74 Å². The molecule has 8 heteroatoms. The Hall–Kier alpha value is -0.730. The van der Waals surface area contributed by atoms with E-state index in [-0.39, 0.29) is 0 Å². The van der Waals surface area contributed by atoms with E-state index < -0.39 is 6.09 Å². The highest BCUT2D eigenvalue weighted by Gasteiger charge is 2.01. The summed E-state index contributed by atoms with van der Waals surface area (Å²) in [5.74, 6) is 0.639. The van der Waals surface area contributed by atoms with Crippen molar-refractivity contribution in [1.82, 2.24) is 10.2 Å². The second-order valence-electron chi connectivity index (χ2n) is 2.90. The van der Waals surface area contributed by atoms with E-state index in [0.29, 0.717) is 22.0 Å². The maximum atomic E-state index is 11.0. The number of amides is 1. The molecule has 88 valence electrons. The molecule has 5 nitrogen and oxygen atoms in total. The highest BCUT2D eigenvalue weighted by Crippen LogP contribution is 2.19. The molecular formula is C8H11N3O2S3. The molecule has 0 saturated heterocycles. The Balaban J connectivity index is 2.20. The minimum atomic E-state index is -0.546. The maximum absolute atomic E-state index is 11.0.